The molecule has 0 atom stereocenters. The Labute approximate surface area is 107 Å². The summed E-state index contributed by atoms with van der Waals surface area (Å²) in [6, 6.07) is 0. The van der Waals surface area contributed by atoms with Crippen LogP contribution in [0.3, 0.4) is 0 Å². The number of H-pyrrole nitrogens is 1. The number of methoxy groups -OCH3 is 1. The van der Waals surface area contributed by atoms with Crippen LogP contribution in [-0.4, -0.2) is 38.2 Å². The predicted octanol–water partition coefficient (Wildman–Crippen LogP) is -0.617. The molecule has 0 saturated carbocycles. The quantitative estimate of drug-likeness (QED) is 0.768. The lowest BCUT2D eigenvalue weighted by atomic mass is 10.3. The van der Waals surface area contributed by atoms with Crippen molar-refractivity contribution in [3.8, 4) is 11.6 Å². The first-order valence-electron chi connectivity index (χ1n) is 5.61. The minimum Gasteiger partial charge on any atom is -0.494 e. The lowest BCUT2D eigenvalue weighted by Gasteiger charge is -2.06. The molecule has 2 aromatic heterocycles. The summed E-state index contributed by atoms with van der Waals surface area (Å²) in [5, 5.41) is 13.9. The molecule has 2 N–H and O–H groups in total. The van der Waals surface area contributed by atoms with Crippen LogP contribution in [0.4, 0.5) is 0 Å². The highest BCUT2D eigenvalue weighted by Gasteiger charge is 2.13. The molecule has 0 saturated heterocycles. The zero-order chi connectivity index (χ0) is 14.0. The van der Waals surface area contributed by atoms with E-state index >= 15 is 0 Å². The van der Waals surface area contributed by atoms with E-state index in [4.69, 9.17) is 4.74 Å². The van der Waals surface area contributed by atoms with Gasteiger partial charge in [-0.05, 0) is 6.92 Å². The summed E-state index contributed by atoms with van der Waals surface area (Å²) in [6.45, 7) is 2.43. The van der Waals surface area contributed by atoms with E-state index in [0.29, 0.717) is 18.8 Å². The number of hydrogen-bond acceptors (Lipinski definition) is 5. The monoisotopic (exact) mass is 266 g/mol. The lowest BCUT2D eigenvalue weighted by molar-refractivity contribution is 0.183. The third-order valence-corrected chi connectivity index (χ3v) is 2.71. The molecule has 2 aromatic rings. The number of nitrogens with one attached hydrogen (secondary N) is 1. The van der Waals surface area contributed by atoms with E-state index in [1.807, 2.05) is 0 Å². The van der Waals surface area contributed by atoms with E-state index in [2.05, 4.69) is 10.1 Å². The highest BCUT2D eigenvalue weighted by molar-refractivity contribution is 5.34. The summed E-state index contributed by atoms with van der Waals surface area (Å²) in [4.78, 5) is 25.2. The average molecular weight is 266 g/mol. The number of nitrogens with zero attached hydrogens (tertiary/aromatic N) is 3. The van der Waals surface area contributed by atoms with Gasteiger partial charge in [0.05, 0.1) is 30.6 Å². The second kappa shape index (κ2) is 5.11. The summed E-state index contributed by atoms with van der Waals surface area (Å²) in [6.07, 6.45) is 3.01. The maximum atomic E-state index is 11.7. The van der Waals surface area contributed by atoms with Gasteiger partial charge in [-0.25, -0.2) is 9.36 Å². The van der Waals surface area contributed by atoms with Gasteiger partial charge in [-0.2, -0.15) is 5.10 Å². The van der Waals surface area contributed by atoms with Crippen LogP contribution in [0.25, 0.3) is 5.69 Å². The standard InChI is InChI=1S/C11H14N4O4/c1-7-9(16)13-11(18)15(10(7)17)8-5-12-14(6-8)3-4-19-2/h5-6,17H,3-4H2,1-2H3,(H,13,16,18). The zero-order valence-electron chi connectivity index (χ0n) is 10.6. The molecule has 102 valence electrons. The highest BCUT2D eigenvalue weighted by atomic mass is 16.5. The second-order valence-electron chi connectivity index (χ2n) is 4.00. The molecule has 0 radical (unpaired) electrons. The van der Waals surface area contributed by atoms with Gasteiger partial charge in [-0.15, -0.1) is 0 Å². The SMILES string of the molecule is COCCn1cc(-n2c(O)c(C)c(=O)[nH]c2=O)cn1. The van der Waals surface area contributed by atoms with Crippen LogP contribution in [-0.2, 0) is 11.3 Å². The van der Waals surface area contributed by atoms with Gasteiger partial charge in [-0.3, -0.25) is 14.5 Å². The molecule has 0 bridgehead atoms. The smallest absolute Gasteiger partial charge is 0.335 e. The van der Waals surface area contributed by atoms with E-state index in [0.717, 1.165) is 4.57 Å². The Hall–Kier alpha value is -2.35. The summed E-state index contributed by atoms with van der Waals surface area (Å²) < 4.78 is 7.48. The molecule has 0 amide bonds. The van der Waals surface area contributed by atoms with Crippen molar-refractivity contribution >= 4 is 0 Å². The van der Waals surface area contributed by atoms with Crippen LogP contribution in [0.5, 0.6) is 5.88 Å². The first-order valence-corrected chi connectivity index (χ1v) is 5.61. The fraction of sp³-hybridized carbons (Fsp3) is 0.364. The largest absolute Gasteiger partial charge is 0.494 e. The van der Waals surface area contributed by atoms with E-state index in [9.17, 15) is 14.7 Å². The van der Waals surface area contributed by atoms with Crippen molar-refractivity contribution in [3.63, 3.8) is 0 Å². The van der Waals surface area contributed by atoms with Crippen LogP contribution in [0, 0.1) is 6.92 Å². The number of aromatic amines is 1. The molecule has 0 unspecified atom stereocenters. The molecular weight excluding hydrogens is 252 g/mol. The van der Waals surface area contributed by atoms with Crippen molar-refractivity contribution < 1.29 is 9.84 Å². The molecule has 8 nitrogen and oxygen atoms in total. The van der Waals surface area contributed by atoms with Gasteiger partial charge in [0.25, 0.3) is 5.56 Å². The van der Waals surface area contributed by atoms with Gasteiger partial charge in [0.15, 0.2) is 0 Å². The molecule has 0 aliphatic heterocycles. The molecule has 0 fully saturated rings. The van der Waals surface area contributed by atoms with Crippen molar-refractivity contribution in [2.75, 3.05) is 13.7 Å². The number of rotatable bonds is 4. The summed E-state index contributed by atoms with van der Waals surface area (Å²) in [5.74, 6) is -0.389. The molecule has 0 aromatic carbocycles. The Morgan fingerprint density at radius 3 is 2.89 bits per heavy atom. The minimum absolute atomic E-state index is 0.0734. The van der Waals surface area contributed by atoms with E-state index in [1.54, 1.807) is 18.0 Å². The number of aromatic nitrogens is 4. The fourth-order valence-corrected chi connectivity index (χ4v) is 1.63. The van der Waals surface area contributed by atoms with Crippen molar-refractivity contribution in [3.05, 3.63) is 38.8 Å². The van der Waals surface area contributed by atoms with Gasteiger partial charge >= 0.3 is 5.69 Å². The maximum Gasteiger partial charge on any atom is 0.335 e. The molecule has 0 spiro atoms. The van der Waals surface area contributed by atoms with E-state index in [1.165, 1.54) is 13.1 Å². The molecule has 2 rings (SSSR count). The van der Waals surface area contributed by atoms with Crippen LogP contribution in [0.2, 0.25) is 0 Å². The normalized spacial score (nSPS) is 10.8. The van der Waals surface area contributed by atoms with Crippen LogP contribution in [0.1, 0.15) is 5.56 Å². The second-order valence-corrected chi connectivity index (χ2v) is 4.00. The number of ether oxygens (including phenoxy) is 1. The summed E-state index contributed by atoms with van der Waals surface area (Å²) in [7, 11) is 1.58. The van der Waals surface area contributed by atoms with E-state index < -0.39 is 11.2 Å². The molecular formula is C11H14N4O4. The molecule has 0 aliphatic rings. The van der Waals surface area contributed by atoms with Crippen LogP contribution in [0.15, 0.2) is 22.0 Å². The molecule has 8 heteroatoms. The van der Waals surface area contributed by atoms with Crippen molar-refractivity contribution in [2.45, 2.75) is 13.5 Å². The minimum atomic E-state index is -0.709. The van der Waals surface area contributed by atoms with Gasteiger partial charge in [0.1, 0.15) is 0 Å². The maximum absolute atomic E-state index is 11.7. The predicted molar refractivity (Wildman–Crippen MR) is 66.7 cm³/mol. The van der Waals surface area contributed by atoms with Gasteiger partial charge in [0.2, 0.25) is 5.88 Å². The first-order chi connectivity index (χ1) is 9.04. The Morgan fingerprint density at radius 2 is 2.21 bits per heavy atom. The highest BCUT2D eigenvalue weighted by Crippen LogP contribution is 2.14. The van der Waals surface area contributed by atoms with E-state index in [-0.39, 0.29) is 11.4 Å². The number of hydrogen-bond donors (Lipinski definition) is 2. The Balaban J connectivity index is 2.48. The zero-order valence-corrected chi connectivity index (χ0v) is 10.6. The Morgan fingerprint density at radius 1 is 1.47 bits per heavy atom. The van der Waals surface area contributed by atoms with Gasteiger partial charge in [-0.1, -0.05) is 0 Å². The van der Waals surface area contributed by atoms with Crippen LogP contribution >= 0.6 is 0 Å². The van der Waals surface area contributed by atoms with Gasteiger partial charge < -0.3 is 9.84 Å². The topological polar surface area (TPSA) is 102 Å². The molecule has 0 aliphatic carbocycles. The van der Waals surface area contributed by atoms with Crippen molar-refractivity contribution in [2.24, 2.45) is 0 Å². The average Bonchev–Trinajstić information content (AvgIpc) is 2.82. The summed E-state index contributed by atoms with van der Waals surface area (Å²) in [5.41, 5.74) is -0.868. The number of aromatic hydroxyl groups is 1. The fourth-order valence-electron chi connectivity index (χ4n) is 1.63. The summed E-state index contributed by atoms with van der Waals surface area (Å²) >= 11 is 0. The molecule has 19 heavy (non-hydrogen) atoms. The van der Waals surface area contributed by atoms with Crippen molar-refractivity contribution in [1.29, 1.82) is 0 Å². The Bertz CT molecular complexity index is 697. The van der Waals surface area contributed by atoms with Crippen molar-refractivity contribution in [1.82, 2.24) is 19.3 Å². The van der Waals surface area contributed by atoms with Gasteiger partial charge in [0, 0.05) is 13.3 Å². The van der Waals surface area contributed by atoms with Crippen LogP contribution < -0.4 is 11.2 Å². The molecule has 2 heterocycles. The lowest BCUT2D eigenvalue weighted by Crippen LogP contribution is -2.30. The third kappa shape index (κ3) is 2.43. The third-order valence-electron chi connectivity index (χ3n) is 2.71. The Kier molecular flexibility index (Phi) is 3.52. The first kappa shape index (κ1) is 13.1.